The molecular weight excluding hydrogens is 398 g/mol. The van der Waals surface area contributed by atoms with Crippen molar-refractivity contribution in [3.05, 3.63) is 0 Å². The average Bonchev–Trinajstić information content (AvgIpc) is 2.51. The van der Waals surface area contributed by atoms with E-state index in [2.05, 4.69) is 27.7 Å². The molecule has 0 amide bonds. The van der Waals surface area contributed by atoms with Crippen molar-refractivity contribution in [1.82, 2.24) is 0 Å². The zero-order valence-electron chi connectivity index (χ0n) is 19.4. The Balaban J connectivity index is 6.19. The second-order valence-corrected chi connectivity index (χ2v) is 24.5. The molecule has 0 N–H and O–H groups in total. The molecule has 0 aliphatic rings. The monoisotopic (exact) mass is 446 g/mol. The van der Waals surface area contributed by atoms with Gasteiger partial charge in [0.05, 0.1) is 0 Å². The van der Waals surface area contributed by atoms with Crippen LogP contribution in [-0.4, -0.2) is 59.7 Å². The van der Waals surface area contributed by atoms with Gasteiger partial charge in [-0.15, -0.1) is 0 Å². The summed E-state index contributed by atoms with van der Waals surface area (Å²) in [6.07, 6.45) is 12.1. The molecular formula is C20H48O4P2S. The minimum atomic E-state index is -4.02. The summed E-state index contributed by atoms with van der Waals surface area (Å²) in [5.74, 6) is 0. The maximum absolute atomic E-state index is 13.1. The Morgan fingerprint density at radius 2 is 0.889 bits per heavy atom. The quantitative estimate of drug-likeness (QED) is 0.241. The van der Waals surface area contributed by atoms with Crippen molar-refractivity contribution in [3.8, 4) is 0 Å². The zero-order valence-corrected chi connectivity index (χ0v) is 22.0. The molecule has 0 radical (unpaired) electrons. The Morgan fingerprint density at radius 3 is 1.11 bits per heavy atom. The van der Waals surface area contributed by atoms with Crippen molar-refractivity contribution in [1.29, 1.82) is 0 Å². The molecule has 0 atom stereocenters. The molecule has 0 aliphatic carbocycles. The van der Waals surface area contributed by atoms with Crippen LogP contribution in [0, 0.1) is 0 Å². The minimum absolute atomic E-state index is 0.918. The Hall–Kier alpha value is 0.730. The molecule has 0 fully saturated rings. The van der Waals surface area contributed by atoms with E-state index in [1.807, 2.05) is 26.7 Å². The van der Waals surface area contributed by atoms with Crippen molar-refractivity contribution in [2.24, 2.45) is 0 Å². The van der Waals surface area contributed by atoms with E-state index in [-0.39, 0.29) is 0 Å². The molecule has 0 saturated heterocycles. The van der Waals surface area contributed by atoms with Gasteiger partial charge in [0.25, 0.3) is 0 Å². The first-order valence-corrected chi connectivity index (χ1v) is 19.1. The van der Waals surface area contributed by atoms with Crippen molar-refractivity contribution in [2.45, 2.75) is 79.1 Å². The van der Waals surface area contributed by atoms with Crippen LogP contribution in [0.4, 0.5) is 0 Å². The van der Waals surface area contributed by atoms with Gasteiger partial charge < -0.3 is 0 Å². The molecule has 27 heavy (non-hydrogen) atoms. The standard InChI is InChI=1S/C20H48O4P2S/c1-9-13-17-26(18-14-10-2,19-15-11-3,20-16-12-4)24-27(21,22)23-25(5,6,7)8/h9-20H2,1-8H3. The van der Waals surface area contributed by atoms with Crippen molar-refractivity contribution in [3.63, 3.8) is 0 Å². The van der Waals surface area contributed by atoms with Crippen molar-refractivity contribution >= 4 is 24.1 Å². The average molecular weight is 447 g/mol. The van der Waals surface area contributed by atoms with Crippen LogP contribution >= 0.6 is 13.7 Å². The number of rotatable bonds is 16. The SMILES string of the molecule is CCCCP(CCCC)(CCCC)(CCCC)OS(=O)(=O)OP(C)(C)(C)C. The fourth-order valence-electron chi connectivity index (χ4n) is 3.69. The molecule has 0 unspecified atom stereocenters. The van der Waals surface area contributed by atoms with Crippen LogP contribution in [0.25, 0.3) is 0 Å². The second-order valence-electron chi connectivity index (χ2n) is 10.1. The third-order valence-electron chi connectivity index (χ3n) is 5.00. The second kappa shape index (κ2) is 10.7. The van der Waals surface area contributed by atoms with Gasteiger partial charge in [-0.1, -0.05) is 0 Å². The predicted octanol–water partition coefficient (Wildman–Crippen LogP) is 6.92. The summed E-state index contributed by atoms with van der Waals surface area (Å²) in [6, 6.07) is 0. The van der Waals surface area contributed by atoms with Gasteiger partial charge in [-0.2, -0.15) is 0 Å². The summed E-state index contributed by atoms with van der Waals surface area (Å²) in [7, 11) is -4.02. The fourth-order valence-corrected chi connectivity index (χ4v) is 16.0. The fraction of sp³-hybridized carbons (Fsp3) is 1.00. The van der Waals surface area contributed by atoms with Crippen LogP contribution < -0.4 is 0 Å². The summed E-state index contributed by atoms with van der Waals surface area (Å²) in [5.41, 5.74) is 0. The van der Waals surface area contributed by atoms with E-state index < -0.39 is 24.1 Å². The van der Waals surface area contributed by atoms with Gasteiger partial charge in [-0.25, -0.2) is 0 Å². The van der Waals surface area contributed by atoms with E-state index >= 15 is 0 Å². The van der Waals surface area contributed by atoms with Gasteiger partial charge in [-0.3, -0.25) is 0 Å². The van der Waals surface area contributed by atoms with E-state index in [1.54, 1.807) is 0 Å². The van der Waals surface area contributed by atoms with E-state index in [1.165, 1.54) is 0 Å². The van der Waals surface area contributed by atoms with E-state index in [4.69, 9.17) is 7.94 Å². The first kappa shape index (κ1) is 27.7. The summed E-state index contributed by atoms with van der Waals surface area (Å²) in [5, 5.41) is 0. The molecule has 4 nitrogen and oxygen atoms in total. The van der Waals surface area contributed by atoms with Crippen molar-refractivity contribution < 1.29 is 16.4 Å². The van der Waals surface area contributed by atoms with Crippen LogP contribution in [0.2, 0.25) is 0 Å². The van der Waals surface area contributed by atoms with E-state index in [0.717, 1.165) is 76.0 Å². The van der Waals surface area contributed by atoms with Crippen LogP contribution in [0.1, 0.15) is 79.1 Å². The molecule has 0 heterocycles. The van der Waals surface area contributed by atoms with Gasteiger partial charge >= 0.3 is 171 Å². The Labute approximate surface area is 170 Å². The van der Waals surface area contributed by atoms with Gasteiger partial charge in [0.15, 0.2) is 0 Å². The van der Waals surface area contributed by atoms with E-state index in [9.17, 15) is 8.42 Å². The molecule has 0 aromatic heterocycles. The van der Waals surface area contributed by atoms with Gasteiger partial charge in [-0.05, 0) is 0 Å². The Kier molecular flexibility index (Phi) is 11.0. The van der Waals surface area contributed by atoms with Gasteiger partial charge in [0.1, 0.15) is 0 Å². The number of unbranched alkanes of at least 4 members (excludes halogenated alkanes) is 4. The Bertz CT molecular complexity index is 485. The van der Waals surface area contributed by atoms with Gasteiger partial charge in [0.2, 0.25) is 0 Å². The van der Waals surface area contributed by atoms with E-state index in [0.29, 0.717) is 0 Å². The molecule has 0 saturated carbocycles. The topological polar surface area (TPSA) is 52.6 Å². The Morgan fingerprint density at radius 1 is 0.593 bits per heavy atom. The first-order valence-electron chi connectivity index (χ1n) is 10.9. The summed E-state index contributed by atoms with van der Waals surface area (Å²) >= 11 is 0. The van der Waals surface area contributed by atoms with Crippen LogP contribution in [0.3, 0.4) is 0 Å². The zero-order chi connectivity index (χ0) is 21.3. The van der Waals surface area contributed by atoms with Gasteiger partial charge in [0, 0.05) is 0 Å². The summed E-state index contributed by atoms with van der Waals surface area (Å²) in [4.78, 5) is 0. The third-order valence-corrected chi connectivity index (χ3v) is 16.3. The van der Waals surface area contributed by atoms with Crippen molar-refractivity contribution in [2.75, 3.05) is 51.3 Å². The normalized spacial score (nSPS) is 16.4. The molecule has 0 aromatic rings. The predicted molar refractivity (Wildman–Crippen MR) is 128 cm³/mol. The van der Waals surface area contributed by atoms with Crippen LogP contribution in [0.5, 0.6) is 0 Å². The summed E-state index contributed by atoms with van der Waals surface area (Å²) < 4.78 is 38.4. The molecule has 0 bridgehead atoms. The summed E-state index contributed by atoms with van der Waals surface area (Å²) in [6.45, 7) is 10.8. The number of hydrogen-bond acceptors (Lipinski definition) is 4. The molecule has 0 aliphatic heterocycles. The van der Waals surface area contributed by atoms with Crippen LogP contribution in [-0.2, 0) is 18.3 Å². The molecule has 0 spiro atoms. The third kappa shape index (κ3) is 10.9. The molecule has 168 valence electrons. The maximum atomic E-state index is 13.1. The molecule has 0 aromatic carbocycles. The van der Waals surface area contributed by atoms with Crippen LogP contribution in [0.15, 0.2) is 0 Å². The molecule has 0 rings (SSSR count). The molecule has 7 heteroatoms. The number of hydrogen-bond donors (Lipinski definition) is 0. The first-order chi connectivity index (χ1) is 12.2.